The molecule has 2 heterocycles. The van der Waals surface area contributed by atoms with Gasteiger partial charge in [-0.3, -0.25) is 9.00 Å². The van der Waals surface area contributed by atoms with E-state index in [2.05, 4.69) is 10.4 Å². The Morgan fingerprint density at radius 1 is 1.15 bits per heavy atom. The Morgan fingerprint density at radius 3 is 2.67 bits per heavy atom. The number of fused-ring (bicyclic) bond motifs is 1. The molecule has 1 amide bonds. The summed E-state index contributed by atoms with van der Waals surface area (Å²) in [6.45, 7) is 1.88. The van der Waals surface area contributed by atoms with Crippen molar-refractivity contribution in [3.05, 3.63) is 71.4 Å². The quantitative estimate of drug-likeness (QED) is 0.737. The van der Waals surface area contributed by atoms with E-state index >= 15 is 0 Å². The van der Waals surface area contributed by atoms with Crippen LogP contribution in [0.5, 0.6) is 5.75 Å². The van der Waals surface area contributed by atoms with Gasteiger partial charge in [0.15, 0.2) is 6.61 Å². The summed E-state index contributed by atoms with van der Waals surface area (Å²) in [4.78, 5) is 12.5. The first-order chi connectivity index (χ1) is 13.1. The molecular weight excluding hydrogens is 362 g/mol. The minimum absolute atomic E-state index is 0.110. The molecule has 6 nitrogen and oxygen atoms in total. The third-order valence-electron chi connectivity index (χ3n) is 4.38. The number of aromatic nitrogens is 2. The van der Waals surface area contributed by atoms with Crippen LogP contribution in [0.3, 0.4) is 0 Å². The van der Waals surface area contributed by atoms with Crippen LogP contribution in [0.1, 0.15) is 16.8 Å². The zero-order chi connectivity index (χ0) is 18.8. The van der Waals surface area contributed by atoms with Crippen LogP contribution in [-0.4, -0.2) is 26.5 Å². The van der Waals surface area contributed by atoms with Gasteiger partial charge in [-0.15, -0.1) is 0 Å². The molecule has 1 aromatic heterocycles. The maximum absolute atomic E-state index is 12.5. The fourth-order valence-corrected chi connectivity index (χ4v) is 4.33. The monoisotopic (exact) mass is 381 g/mol. The van der Waals surface area contributed by atoms with Crippen LogP contribution in [0, 0.1) is 6.92 Å². The fraction of sp³-hybridized carbons (Fsp3) is 0.200. The predicted molar refractivity (Wildman–Crippen MR) is 104 cm³/mol. The molecule has 1 aliphatic rings. The van der Waals surface area contributed by atoms with Gasteiger partial charge in [-0.1, -0.05) is 36.4 Å². The highest BCUT2D eigenvalue weighted by Crippen LogP contribution is 2.32. The van der Waals surface area contributed by atoms with Crippen molar-refractivity contribution >= 4 is 22.5 Å². The summed E-state index contributed by atoms with van der Waals surface area (Å²) in [6.07, 6.45) is 0. The molecule has 3 aromatic rings. The lowest BCUT2D eigenvalue weighted by Gasteiger charge is -2.13. The van der Waals surface area contributed by atoms with E-state index in [1.165, 1.54) is 0 Å². The highest BCUT2D eigenvalue weighted by molar-refractivity contribution is 7.83. The van der Waals surface area contributed by atoms with Gasteiger partial charge in [0, 0.05) is 16.4 Å². The number of para-hydroxylation sites is 2. The van der Waals surface area contributed by atoms with Crippen LogP contribution in [0.4, 0.5) is 5.82 Å². The number of hydrogen-bond donors (Lipinski definition) is 1. The number of aryl methyl sites for hydroxylation is 1. The van der Waals surface area contributed by atoms with Crippen LogP contribution in [0.15, 0.2) is 54.6 Å². The predicted octanol–water partition coefficient (Wildman–Crippen LogP) is 2.96. The van der Waals surface area contributed by atoms with Crippen LogP contribution >= 0.6 is 0 Å². The van der Waals surface area contributed by atoms with E-state index < -0.39 is 10.8 Å². The third-order valence-corrected chi connectivity index (χ3v) is 5.59. The van der Waals surface area contributed by atoms with E-state index in [0.717, 1.165) is 22.5 Å². The van der Waals surface area contributed by atoms with Gasteiger partial charge in [0.2, 0.25) is 0 Å². The Hall–Kier alpha value is -2.93. The molecule has 1 atom stereocenters. The minimum Gasteiger partial charge on any atom is -0.484 e. The van der Waals surface area contributed by atoms with Crippen molar-refractivity contribution in [3.8, 4) is 11.4 Å². The lowest BCUT2D eigenvalue weighted by Crippen LogP contribution is -2.22. The zero-order valence-electron chi connectivity index (χ0n) is 14.8. The minimum atomic E-state index is -0.975. The van der Waals surface area contributed by atoms with Crippen molar-refractivity contribution in [3.63, 3.8) is 0 Å². The molecule has 27 heavy (non-hydrogen) atoms. The Morgan fingerprint density at radius 2 is 1.89 bits per heavy atom. The van der Waals surface area contributed by atoms with E-state index in [0.29, 0.717) is 23.1 Å². The summed E-state index contributed by atoms with van der Waals surface area (Å²) in [6, 6.07) is 17.0. The number of hydrogen-bond acceptors (Lipinski definition) is 4. The van der Waals surface area contributed by atoms with Crippen LogP contribution in [-0.2, 0) is 27.1 Å². The second-order valence-corrected chi connectivity index (χ2v) is 7.81. The summed E-state index contributed by atoms with van der Waals surface area (Å²) in [7, 11) is -0.975. The summed E-state index contributed by atoms with van der Waals surface area (Å²) in [5.41, 5.74) is 3.54. The first-order valence-electron chi connectivity index (χ1n) is 8.61. The molecule has 0 saturated heterocycles. The Bertz CT molecular complexity index is 1010. The molecule has 138 valence electrons. The van der Waals surface area contributed by atoms with Gasteiger partial charge >= 0.3 is 0 Å². The summed E-state index contributed by atoms with van der Waals surface area (Å²) in [5.74, 6) is 1.74. The SMILES string of the molecule is Cc1ccccc1-n1nc2c(c1NC(=O)COc1ccccc1)C[S@@](=O)C2. The molecule has 0 radical (unpaired) electrons. The molecule has 7 heteroatoms. The number of rotatable bonds is 5. The maximum Gasteiger partial charge on any atom is 0.263 e. The largest absolute Gasteiger partial charge is 0.484 e. The number of carbonyl (C=O) groups excluding carboxylic acids is 1. The van der Waals surface area contributed by atoms with Gasteiger partial charge in [-0.2, -0.15) is 5.10 Å². The number of carbonyl (C=O) groups is 1. The van der Waals surface area contributed by atoms with Gasteiger partial charge in [0.05, 0.1) is 22.9 Å². The standard InChI is InChI=1S/C20H19N3O3S/c1-14-7-5-6-10-18(14)23-20(16-12-27(25)13-17(16)22-23)21-19(24)11-26-15-8-3-2-4-9-15/h2-10H,11-13H2,1H3,(H,21,24)/t27-/m1/s1. The van der Waals surface area contributed by atoms with Gasteiger partial charge in [0.25, 0.3) is 5.91 Å². The lowest BCUT2D eigenvalue weighted by molar-refractivity contribution is -0.118. The second-order valence-electron chi connectivity index (χ2n) is 6.35. The molecule has 0 unspecified atom stereocenters. The smallest absolute Gasteiger partial charge is 0.263 e. The number of anilines is 1. The van der Waals surface area contributed by atoms with Gasteiger partial charge in [0.1, 0.15) is 11.6 Å². The Balaban J connectivity index is 1.60. The number of nitrogens with zero attached hydrogens (tertiary/aromatic N) is 2. The van der Waals surface area contributed by atoms with Gasteiger partial charge in [-0.05, 0) is 30.7 Å². The third kappa shape index (κ3) is 3.64. The Kier molecular flexibility index (Phi) is 4.77. The number of amides is 1. The molecule has 1 aliphatic heterocycles. The first kappa shape index (κ1) is 17.5. The van der Waals surface area contributed by atoms with Crippen molar-refractivity contribution in [2.75, 3.05) is 11.9 Å². The van der Waals surface area contributed by atoms with E-state index in [4.69, 9.17) is 4.74 Å². The summed E-state index contributed by atoms with van der Waals surface area (Å²) < 4.78 is 19.2. The lowest BCUT2D eigenvalue weighted by atomic mass is 10.2. The molecule has 0 fully saturated rings. The van der Waals surface area contributed by atoms with Crippen LogP contribution in [0.2, 0.25) is 0 Å². The van der Waals surface area contributed by atoms with Crippen molar-refractivity contribution in [2.45, 2.75) is 18.4 Å². The highest BCUT2D eigenvalue weighted by atomic mass is 32.2. The van der Waals surface area contributed by atoms with Crippen molar-refractivity contribution < 1.29 is 13.7 Å². The molecule has 1 N–H and O–H groups in total. The van der Waals surface area contributed by atoms with E-state index in [-0.39, 0.29) is 12.5 Å². The molecule has 0 saturated carbocycles. The van der Waals surface area contributed by atoms with Gasteiger partial charge < -0.3 is 10.1 Å². The summed E-state index contributed by atoms with van der Waals surface area (Å²) >= 11 is 0. The summed E-state index contributed by atoms with van der Waals surface area (Å²) in [5, 5.41) is 7.52. The number of benzene rings is 2. The van der Waals surface area contributed by atoms with E-state index in [1.54, 1.807) is 16.8 Å². The van der Waals surface area contributed by atoms with Crippen molar-refractivity contribution in [2.24, 2.45) is 0 Å². The van der Waals surface area contributed by atoms with Crippen molar-refractivity contribution in [1.29, 1.82) is 0 Å². The maximum atomic E-state index is 12.5. The van der Waals surface area contributed by atoms with Crippen LogP contribution in [0.25, 0.3) is 5.69 Å². The van der Waals surface area contributed by atoms with E-state index in [9.17, 15) is 9.00 Å². The number of nitrogens with one attached hydrogen (secondary N) is 1. The van der Waals surface area contributed by atoms with E-state index in [1.807, 2.05) is 49.4 Å². The normalized spacial score (nSPS) is 15.4. The average Bonchev–Trinajstić information content (AvgIpc) is 3.18. The average molecular weight is 381 g/mol. The Labute approximate surface area is 159 Å². The first-order valence-corrected chi connectivity index (χ1v) is 10.1. The molecular formula is C20H19N3O3S. The molecule has 2 aromatic carbocycles. The van der Waals surface area contributed by atoms with Gasteiger partial charge in [-0.25, -0.2) is 4.68 Å². The molecule has 0 spiro atoms. The second kappa shape index (κ2) is 7.36. The molecule has 0 aliphatic carbocycles. The highest BCUT2D eigenvalue weighted by Gasteiger charge is 2.28. The van der Waals surface area contributed by atoms with Crippen molar-refractivity contribution in [1.82, 2.24) is 9.78 Å². The molecule has 4 rings (SSSR count). The zero-order valence-corrected chi connectivity index (χ0v) is 15.7. The fourth-order valence-electron chi connectivity index (χ4n) is 3.07. The molecule has 0 bridgehead atoms. The topological polar surface area (TPSA) is 73.2 Å². The van der Waals surface area contributed by atoms with Crippen LogP contribution < -0.4 is 10.1 Å². The number of ether oxygens (including phenoxy) is 1.